The lowest BCUT2D eigenvalue weighted by molar-refractivity contribution is -0.123. The van der Waals surface area contributed by atoms with E-state index in [1.165, 1.54) is 18.5 Å². The van der Waals surface area contributed by atoms with Gasteiger partial charge in [0.1, 0.15) is 0 Å². The van der Waals surface area contributed by atoms with Crippen LogP contribution in [0.15, 0.2) is 22.9 Å². The van der Waals surface area contributed by atoms with E-state index in [0.717, 1.165) is 6.42 Å². The van der Waals surface area contributed by atoms with E-state index < -0.39 is 24.5 Å². The number of hydrogen-bond acceptors (Lipinski definition) is 5. The summed E-state index contributed by atoms with van der Waals surface area (Å²) in [7, 11) is 0. The summed E-state index contributed by atoms with van der Waals surface area (Å²) in [4.78, 5) is 37.9. The summed E-state index contributed by atoms with van der Waals surface area (Å²) in [6.45, 7) is 1.81. The van der Waals surface area contributed by atoms with Crippen LogP contribution in [0.1, 0.15) is 23.7 Å². The first-order valence-electron chi connectivity index (χ1n) is 5.88. The normalized spacial score (nSPS) is 9.70. The smallest absolute Gasteiger partial charge is 0.340 e. The minimum atomic E-state index is -0.699. The molecule has 1 aromatic heterocycles. The van der Waals surface area contributed by atoms with Crippen molar-refractivity contribution in [3.05, 3.63) is 28.5 Å². The predicted molar refractivity (Wildman–Crippen MR) is 74.1 cm³/mol. The maximum atomic E-state index is 11.6. The number of amides is 3. The van der Waals surface area contributed by atoms with Gasteiger partial charge in [0.2, 0.25) is 0 Å². The zero-order valence-electron chi connectivity index (χ0n) is 10.8. The molecule has 3 amide bonds. The number of carbonyl (C=O) groups excluding carboxylic acids is 3. The fraction of sp³-hybridized carbons (Fsp3) is 0.333. The maximum Gasteiger partial charge on any atom is 0.340 e. The fourth-order valence-electron chi connectivity index (χ4n) is 1.18. The highest BCUT2D eigenvalue weighted by molar-refractivity contribution is 9.10. The molecule has 0 saturated heterocycles. The number of imide groups is 1. The van der Waals surface area contributed by atoms with Gasteiger partial charge < -0.3 is 10.1 Å². The molecule has 0 fully saturated rings. The Labute approximate surface area is 124 Å². The third-order valence-electron chi connectivity index (χ3n) is 2.06. The molecule has 108 valence electrons. The zero-order valence-corrected chi connectivity index (χ0v) is 12.4. The van der Waals surface area contributed by atoms with Gasteiger partial charge in [-0.05, 0) is 28.4 Å². The Morgan fingerprint density at radius 1 is 1.35 bits per heavy atom. The van der Waals surface area contributed by atoms with E-state index in [9.17, 15) is 14.4 Å². The van der Waals surface area contributed by atoms with E-state index in [2.05, 4.69) is 26.2 Å². The minimum absolute atomic E-state index is 0.211. The number of halogens is 1. The Balaban J connectivity index is 2.37. The van der Waals surface area contributed by atoms with Crippen molar-refractivity contribution >= 4 is 33.8 Å². The van der Waals surface area contributed by atoms with Crippen molar-refractivity contribution in [1.82, 2.24) is 15.6 Å². The van der Waals surface area contributed by atoms with Gasteiger partial charge in [0.05, 0.1) is 5.56 Å². The average molecular weight is 344 g/mol. The molecule has 0 unspecified atom stereocenters. The van der Waals surface area contributed by atoms with Crippen LogP contribution in [0.25, 0.3) is 0 Å². The SMILES string of the molecule is CCCNC(=O)NC(=O)COC(=O)c1cncc(Br)c1. The molecule has 0 atom stereocenters. The lowest BCUT2D eigenvalue weighted by atomic mass is 10.3. The highest BCUT2D eigenvalue weighted by atomic mass is 79.9. The van der Waals surface area contributed by atoms with E-state index in [0.29, 0.717) is 11.0 Å². The molecule has 0 spiro atoms. The summed E-state index contributed by atoms with van der Waals surface area (Å²) in [6.07, 6.45) is 3.59. The van der Waals surface area contributed by atoms with Crippen molar-refractivity contribution in [2.45, 2.75) is 13.3 Å². The number of ether oxygens (including phenoxy) is 1. The molecule has 7 nitrogen and oxygen atoms in total. The standard InChI is InChI=1S/C12H14BrN3O4/c1-2-3-15-12(19)16-10(17)7-20-11(18)8-4-9(13)6-14-5-8/h4-6H,2-3,7H2,1H3,(H2,15,16,17,19). The van der Waals surface area contributed by atoms with Gasteiger partial charge in [0.15, 0.2) is 6.61 Å². The van der Waals surface area contributed by atoms with Gasteiger partial charge in [-0.2, -0.15) is 0 Å². The Bertz CT molecular complexity index is 507. The molecule has 1 rings (SSSR count). The Hall–Kier alpha value is -1.96. The van der Waals surface area contributed by atoms with Crippen LogP contribution >= 0.6 is 15.9 Å². The van der Waals surface area contributed by atoms with Crippen LogP contribution in [-0.2, 0) is 9.53 Å². The molecular weight excluding hydrogens is 330 g/mol. The van der Waals surface area contributed by atoms with Crippen molar-refractivity contribution in [1.29, 1.82) is 0 Å². The van der Waals surface area contributed by atoms with E-state index in [1.807, 2.05) is 12.2 Å². The number of hydrogen-bond donors (Lipinski definition) is 2. The number of nitrogens with zero attached hydrogens (tertiary/aromatic N) is 1. The molecule has 2 N–H and O–H groups in total. The number of carbonyl (C=O) groups is 3. The highest BCUT2D eigenvalue weighted by Crippen LogP contribution is 2.10. The Morgan fingerprint density at radius 3 is 2.75 bits per heavy atom. The van der Waals surface area contributed by atoms with E-state index in [4.69, 9.17) is 4.74 Å². The highest BCUT2D eigenvalue weighted by Gasteiger charge is 2.12. The number of nitrogens with one attached hydrogen (secondary N) is 2. The lowest BCUT2D eigenvalue weighted by Gasteiger charge is -2.06. The topological polar surface area (TPSA) is 97.4 Å². The van der Waals surface area contributed by atoms with Crippen LogP contribution in [0.2, 0.25) is 0 Å². The van der Waals surface area contributed by atoms with E-state index in [1.54, 1.807) is 0 Å². The van der Waals surface area contributed by atoms with Crippen molar-refractivity contribution in [3.63, 3.8) is 0 Å². The fourth-order valence-corrected chi connectivity index (χ4v) is 1.55. The second-order valence-corrected chi connectivity index (χ2v) is 4.69. The summed E-state index contributed by atoms with van der Waals surface area (Å²) in [5.74, 6) is -1.39. The maximum absolute atomic E-state index is 11.6. The third kappa shape index (κ3) is 5.79. The van der Waals surface area contributed by atoms with Gasteiger partial charge in [0.25, 0.3) is 5.91 Å². The van der Waals surface area contributed by atoms with Gasteiger partial charge in [-0.1, -0.05) is 6.92 Å². The lowest BCUT2D eigenvalue weighted by Crippen LogP contribution is -2.41. The first-order chi connectivity index (χ1) is 9.52. The van der Waals surface area contributed by atoms with Gasteiger partial charge in [-0.15, -0.1) is 0 Å². The van der Waals surface area contributed by atoms with Gasteiger partial charge >= 0.3 is 12.0 Å². The van der Waals surface area contributed by atoms with Gasteiger partial charge in [-0.3, -0.25) is 15.1 Å². The Kier molecular flexibility index (Phi) is 6.65. The van der Waals surface area contributed by atoms with Gasteiger partial charge in [0, 0.05) is 23.4 Å². The molecule has 0 aromatic carbocycles. The molecule has 0 saturated carbocycles. The molecule has 20 heavy (non-hydrogen) atoms. The van der Waals surface area contributed by atoms with Crippen molar-refractivity contribution < 1.29 is 19.1 Å². The summed E-state index contributed by atoms with van der Waals surface area (Å²) in [6, 6.07) is 0.901. The van der Waals surface area contributed by atoms with Crippen LogP contribution in [0, 0.1) is 0 Å². The number of pyridine rings is 1. The largest absolute Gasteiger partial charge is 0.452 e. The summed E-state index contributed by atoms with van der Waals surface area (Å²) >= 11 is 3.16. The zero-order chi connectivity index (χ0) is 15.0. The summed E-state index contributed by atoms with van der Waals surface area (Å²) in [5.41, 5.74) is 0.211. The number of esters is 1. The number of urea groups is 1. The minimum Gasteiger partial charge on any atom is -0.452 e. The van der Waals surface area contributed by atoms with Crippen LogP contribution in [0.3, 0.4) is 0 Å². The monoisotopic (exact) mass is 343 g/mol. The first-order valence-corrected chi connectivity index (χ1v) is 6.67. The molecule has 0 aliphatic rings. The quantitative estimate of drug-likeness (QED) is 0.784. The molecule has 0 radical (unpaired) electrons. The van der Waals surface area contributed by atoms with Gasteiger partial charge in [-0.25, -0.2) is 9.59 Å². The second-order valence-electron chi connectivity index (χ2n) is 3.77. The number of aromatic nitrogens is 1. The van der Waals surface area contributed by atoms with Crippen molar-refractivity contribution in [2.24, 2.45) is 0 Å². The Morgan fingerprint density at radius 2 is 2.10 bits per heavy atom. The third-order valence-corrected chi connectivity index (χ3v) is 2.50. The molecule has 0 bridgehead atoms. The molecular formula is C12H14BrN3O4. The molecule has 0 aliphatic carbocycles. The summed E-state index contributed by atoms with van der Waals surface area (Å²) < 4.78 is 5.38. The van der Waals surface area contributed by atoms with E-state index in [-0.39, 0.29) is 5.56 Å². The van der Waals surface area contributed by atoms with Crippen molar-refractivity contribution in [3.8, 4) is 0 Å². The van der Waals surface area contributed by atoms with Crippen LogP contribution in [-0.4, -0.2) is 36.0 Å². The predicted octanol–water partition coefficient (Wildman–Crippen LogP) is 1.24. The van der Waals surface area contributed by atoms with Crippen LogP contribution in [0.5, 0.6) is 0 Å². The first kappa shape index (κ1) is 16.1. The van der Waals surface area contributed by atoms with E-state index >= 15 is 0 Å². The number of rotatable bonds is 5. The summed E-state index contributed by atoms with van der Waals surface area (Å²) in [5, 5.41) is 4.50. The molecule has 1 aromatic rings. The van der Waals surface area contributed by atoms with Crippen LogP contribution in [0.4, 0.5) is 4.79 Å². The average Bonchev–Trinajstić information content (AvgIpc) is 2.42. The molecule has 1 heterocycles. The second kappa shape index (κ2) is 8.26. The van der Waals surface area contributed by atoms with Crippen LogP contribution < -0.4 is 10.6 Å². The molecule has 0 aliphatic heterocycles. The van der Waals surface area contributed by atoms with Crippen molar-refractivity contribution in [2.75, 3.05) is 13.2 Å². The molecule has 8 heteroatoms.